The second-order valence-electron chi connectivity index (χ2n) is 7.88. The lowest BCUT2D eigenvalue weighted by molar-refractivity contribution is 0.00141. The third-order valence-corrected chi connectivity index (χ3v) is 5.45. The molecule has 126 valence electrons. The van der Waals surface area contributed by atoms with E-state index in [4.69, 9.17) is 14.0 Å². The largest absolute Gasteiger partial charge is 0.494 e. The van der Waals surface area contributed by atoms with Gasteiger partial charge in [0.2, 0.25) is 0 Å². The van der Waals surface area contributed by atoms with E-state index in [0.717, 1.165) is 36.9 Å². The highest BCUT2D eigenvalue weighted by Crippen LogP contribution is 2.36. The van der Waals surface area contributed by atoms with E-state index < -0.39 is 5.60 Å². The zero-order chi connectivity index (χ0) is 16.7. The van der Waals surface area contributed by atoms with Crippen molar-refractivity contribution in [2.45, 2.75) is 70.2 Å². The van der Waals surface area contributed by atoms with Crippen LogP contribution >= 0.6 is 0 Å². The monoisotopic (exact) mass is 318 g/mol. The molecule has 2 aliphatic rings. The third-order valence-electron chi connectivity index (χ3n) is 5.45. The first-order valence-electron chi connectivity index (χ1n) is 8.52. The summed E-state index contributed by atoms with van der Waals surface area (Å²) in [4.78, 5) is 0. The number of aliphatic hydroxyl groups is 1. The second-order valence-corrected chi connectivity index (χ2v) is 7.88. The van der Waals surface area contributed by atoms with Crippen LogP contribution in [-0.4, -0.2) is 35.6 Å². The van der Waals surface area contributed by atoms with Crippen LogP contribution < -0.4 is 10.2 Å². The SMILES string of the molecule is CC1(C)OB(c2ccc(OCC3(O)CCCC3)cc2)OC1(C)C. The molecule has 1 N–H and O–H groups in total. The summed E-state index contributed by atoms with van der Waals surface area (Å²) in [6, 6.07) is 7.77. The van der Waals surface area contributed by atoms with Gasteiger partial charge in [0.25, 0.3) is 0 Å². The number of ether oxygens (including phenoxy) is 1. The van der Waals surface area contributed by atoms with Gasteiger partial charge in [-0.25, -0.2) is 0 Å². The van der Waals surface area contributed by atoms with Gasteiger partial charge in [-0.2, -0.15) is 0 Å². The van der Waals surface area contributed by atoms with Gasteiger partial charge < -0.3 is 19.2 Å². The van der Waals surface area contributed by atoms with Crippen LogP contribution in [0.3, 0.4) is 0 Å². The Labute approximate surface area is 139 Å². The molecule has 0 bridgehead atoms. The minimum absolute atomic E-state index is 0.335. The smallest absolute Gasteiger partial charge is 0.491 e. The molecule has 0 spiro atoms. The summed E-state index contributed by atoms with van der Waals surface area (Å²) in [5, 5.41) is 10.3. The summed E-state index contributed by atoms with van der Waals surface area (Å²) >= 11 is 0. The number of rotatable bonds is 4. The van der Waals surface area contributed by atoms with Gasteiger partial charge in [-0.1, -0.05) is 25.0 Å². The highest BCUT2D eigenvalue weighted by atomic mass is 16.7. The molecule has 0 radical (unpaired) electrons. The Morgan fingerprint density at radius 2 is 1.52 bits per heavy atom. The van der Waals surface area contributed by atoms with Crippen molar-refractivity contribution in [1.82, 2.24) is 0 Å². The molecule has 1 aliphatic heterocycles. The van der Waals surface area contributed by atoms with Crippen molar-refractivity contribution in [3.05, 3.63) is 24.3 Å². The molecule has 2 fully saturated rings. The molecule has 1 aromatic rings. The highest BCUT2D eigenvalue weighted by Gasteiger charge is 2.51. The molecular weight excluding hydrogens is 291 g/mol. The fourth-order valence-electron chi connectivity index (χ4n) is 3.10. The van der Waals surface area contributed by atoms with Crippen LogP contribution in [0.2, 0.25) is 0 Å². The van der Waals surface area contributed by atoms with Crippen LogP contribution in [0, 0.1) is 0 Å². The molecule has 3 rings (SSSR count). The molecule has 0 aromatic heterocycles. The summed E-state index contributed by atoms with van der Waals surface area (Å²) in [5.41, 5.74) is -0.336. The molecule has 1 heterocycles. The van der Waals surface area contributed by atoms with E-state index in [0.29, 0.717) is 6.61 Å². The zero-order valence-corrected chi connectivity index (χ0v) is 14.6. The summed E-state index contributed by atoms with van der Waals surface area (Å²) in [6.45, 7) is 8.56. The highest BCUT2D eigenvalue weighted by molar-refractivity contribution is 6.62. The number of hydrogen-bond donors (Lipinski definition) is 1. The summed E-state index contributed by atoms with van der Waals surface area (Å²) < 4.78 is 17.8. The van der Waals surface area contributed by atoms with Crippen molar-refractivity contribution in [2.24, 2.45) is 0 Å². The quantitative estimate of drug-likeness (QED) is 0.867. The predicted molar refractivity (Wildman–Crippen MR) is 91.1 cm³/mol. The maximum Gasteiger partial charge on any atom is 0.494 e. The first-order valence-corrected chi connectivity index (χ1v) is 8.52. The van der Waals surface area contributed by atoms with Crippen LogP contribution in [-0.2, 0) is 9.31 Å². The van der Waals surface area contributed by atoms with E-state index in [-0.39, 0.29) is 18.3 Å². The normalized spacial score (nSPS) is 24.8. The van der Waals surface area contributed by atoms with E-state index in [1.807, 2.05) is 52.0 Å². The maximum absolute atomic E-state index is 10.3. The third kappa shape index (κ3) is 3.42. The summed E-state index contributed by atoms with van der Waals surface area (Å²) in [6.07, 6.45) is 3.83. The number of hydrogen-bond acceptors (Lipinski definition) is 4. The Morgan fingerprint density at radius 1 is 1.00 bits per heavy atom. The van der Waals surface area contributed by atoms with Crippen LogP contribution in [0.5, 0.6) is 5.75 Å². The Morgan fingerprint density at radius 3 is 2.04 bits per heavy atom. The molecule has 5 heteroatoms. The lowest BCUT2D eigenvalue weighted by atomic mass is 9.79. The summed E-state index contributed by atoms with van der Waals surface area (Å²) in [7, 11) is -0.354. The van der Waals surface area contributed by atoms with E-state index in [2.05, 4.69) is 0 Å². The van der Waals surface area contributed by atoms with Crippen molar-refractivity contribution in [3.8, 4) is 5.75 Å². The Balaban J connectivity index is 1.62. The molecule has 1 saturated carbocycles. The molecule has 0 unspecified atom stereocenters. The van der Waals surface area contributed by atoms with Crippen molar-refractivity contribution in [2.75, 3.05) is 6.61 Å². The molecule has 1 saturated heterocycles. The van der Waals surface area contributed by atoms with E-state index >= 15 is 0 Å². The molecule has 4 nitrogen and oxygen atoms in total. The molecule has 23 heavy (non-hydrogen) atoms. The van der Waals surface area contributed by atoms with E-state index in [1.165, 1.54) is 0 Å². The lowest BCUT2D eigenvalue weighted by Gasteiger charge is -2.32. The van der Waals surface area contributed by atoms with Crippen LogP contribution in [0.25, 0.3) is 0 Å². The van der Waals surface area contributed by atoms with Gasteiger partial charge in [0.1, 0.15) is 12.4 Å². The van der Waals surface area contributed by atoms with Crippen LogP contribution in [0.1, 0.15) is 53.4 Å². The van der Waals surface area contributed by atoms with Crippen molar-refractivity contribution in [3.63, 3.8) is 0 Å². The second kappa shape index (κ2) is 5.80. The summed E-state index contributed by atoms with van der Waals surface area (Å²) in [5.74, 6) is 0.769. The van der Waals surface area contributed by atoms with Crippen LogP contribution in [0.15, 0.2) is 24.3 Å². The maximum atomic E-state index is 10.3. The molecule has 1 aliphatic carbocycles. The average Bonchev–Trinajstić information content (AvgIpc) is 3.00. The lowest BCUT2D eigenvalue weighted by Crippen LogP contribution is -2.41. The minimum atomic E-state index is -0.648. The topological polar surface area (TPSA) is 47.9 Å². The van der Waals surface area contributed by atoms with E-state index in [1.54, 1.807) is 0 Å². The van der Waals surface area contributed by atoms with Gasteiger partial charge >= 0.3 is 7.12 Å². The fraction of sp³-hybridized carbons (Fsp3) is 0.667. The van der Waals surface area contributed by atoms with Crippen molar-refractivity contribution in [1.29, 1.82) is 0 Å². The standard InChI is InChI=1S/C18H27BO4/c1-16(2)17(3,4)23-19(22-16)14-7-9-15(10-8-14)21-13-18(20)11-5-6-12-18/h7-10,20H,5-6,11-13H2,1-4H3. The van der Waals surface area contributed by atoms with Crippen molar-refractivity contribution < 1.29 is 19.2 Å². The van der Waals surface area contributed by atoms with Crippen LogP contribution in [0.4, 0.5) is 0 Å². The van der Waals surface area contributed by atoms with Gasteiger partial charge in [-0.05, 0) is 58.1 Å². The molecule has 0 amide bonds. The first kappa shape index (κ1) is 16.8. The van der Waals surface area contributed by atoms with Gasteiger partial charge in [-0.3, -0.25) is 0 Å². The zero-order valence-electron chi connectivity index (χ0n) is 14.6. The Hall–Kier alpha value is -1.04. The van der Waals surface area contributed by atoms with E-state index in [9.17, 15) is 5.11 Å². The van der Waals surface area contributed by atoms with Crippen molar-refractivity contribution >= 4 is 12.6 Å². The first-order chi connectivity index (χ1) is 10.7. The minimum Gasteiger partial charge on any atom is -0.491 e. The Bertz CT molecular complexity index is 531. The molecular formula is C18H27BO4. The van der Waals surface area contributed by atoms with Gasteiger partial charge in [-0.15, -0.1) is 0 Å². The van der Waals surface area contributed by atoms with Gasteiger partial charge in [0.15, 0.2) is 0 Å². The molecule has 1 aromatic carbocycles. The van der Waals surface area contributed by atoms with Gasteiger partial charge in [0, 0.05) is 0 Å². The predicted octanol–water partition coefficient (Wildman–Crippen LogP) is 2.67. The van der Waals surface area contributed by atoms with Gasteiger partial charge in [0.05, 0.1) is 16.8 Å². The Kier molecular flexibility index (Phi) is 4.24. The molecule has 0 atom stereocenters. The number of benzene rings is 1. The fourth-order valence-corrected chi connectivity index (χ4v) is 3.10. The average molecular weight is 318 g/mol.